The minimum atomic E-state index is 0.0154. The minimum absolute atomic E-state index is 0.0154. The molecule has 0 N–H and O–H groups in total. The topological polar surface area (TPSA) is 68.5 Å². The number of methoxy groups -OCH3 is 1. The Labute approximate surface area is 162 Å². The average molecular weight is 383 g/mol. The van der Waals surface area contributed by atoms with E-state index in [1.54, 1.807) is 29.4 Å². The number of rotatable bonds is 9. The second-order valence-corrected chi connectivity index (χ2v) is 6.85. The lowest BCUT2D eigenvalue weighted by Crippen LogP contribution is -2.30. The molecule has 2 heterocycles. The fourth-order valence-electron chi connectivity index (χ4n) is 2.60. The molecule has 0 fully saturated rings. The molecule has 1 amide bonds. The Morgan fingerprint density at radius 1 is 1.33 bits per heavy atom. The van der Waals surface area contributed by atoms with Crippen molar-refractivity contribution in [2.24, 2.45) is 0 Å². The van der Waals surface area contributed by atoms with Gasteiger partial charge in [0.15, 0.2) is 0 Å². The van der Waals surface area contributed by atoms with Crippen molar-refractivity contribution in [3.8, 4) is 16.5 Å². The van der Waals surface area contributed by atoms with Gasteiger partial charge in [0.25, 0.3) is 0 Å². The summed E-state index contributed by atoms with van der Waals surface area (Å²) < 4.78 is 10.4. The molecule has 0 unspecified atom stereocenters. The number of aromatic nitrogens is 2. The zero-order valence-corrected chi connectivity index (χ0v) is 15.9. The maximum Gasteiger partial charge on any atom is 0.227 e. The van der Waals surface area contributed by atoms with Gasteiger partial charge in [-0.1, -0.05) is 29.4 Å². The van der Waals surface area contributed by atoms with Gasteiger partial charge in [-0.3, -0.25) is 4.79 Å². The Morgan fingerprint density at radius 3 is 2.81 bits per heavy atom. The standard InChI is InChI=1S/C20H21N3O3S/c1-3-12-23(14-15-6-8-16(25-2)9-7-15)19(24)11-10-18-21-20(22-26-18)17-5-4-13-27-17/h3-9,13H,1,10-12,14H2,2H3. The molecule has 3 aromatic rings. The molecule has 0 aliphatic heterocycles. The van der Waals surface area contributed by atoms with Crippen LogP contribution in [0.15, 0.2) is 59.0 Å². The molecule has 0 bridgehead atoms. The van der Waals surface area contributed by atoms with Crippen LogP contribution in [0.2, 0.25) is 0 Å². The zero-order valence-electron chi connectivity index (χ0n) is 15.1. The highest BCUT2D eigenvalue weighted by Gasteiger charge is 2.16. The fraction of sp³-hybridized carbons (Fsp3) is 0.250. The number of ether oxygens (including phenoxy) is 1. The summed E-state index contributed by atoms with van der Waals surface area (Å²) in [6.45, 7) is 4.74. The largest absolute Gasteiger partial charge is 0.497 e. The number of nitrogens with zero attached hydrogens (tertiary/aromatic N) is 3. The lowest BCUT2D eigenvalue weighted by Gasteiger charge is -2.21. The number of thiophene rings is 1. The summed E-state index contributed by atoms with van der Waals surface area (Å²) in [5.74, 6) is 1.84. The normalized spacial score (nSPS) is 10.6. The number of carbonyl (C=O) groups excluding carboxylic acids is 1. The maximum absolute atomic E-state index is 12.6. The highest BCUT2D eigenvalue weighted by Crippen LogP contribution is 2.21. The molecule has 0 aliphatic carbocycles. The number of benzene rings is 1. The Balaban J connectivity index is 1.58. The van der Waals surface area contributed by atoms with Crippen molar-refractivity contribution in [1.82, 2.24) is 15.0 Å². The minimum Gasteiger partial charge on any atom is -0.497 e. The molecule has 0 saturated heterocycles. The fourth-order valence-corrected chi connectivity index (χ4v) is 3.25. The van der Waals surface area contributed by atoms with Crippen molar-refractivity contribution in [3.05, 3.63) is 65.9 Å². The molecule has 0 radical (unpaired) electrons. The Hall–Kier alpha value is -2.93. The third kappa shape index (κ3) is 5.04. The predicted octanol–water partition coefficient (Wildman–Crippen LogP) is 3.95. The van der Waals surface area contributed by atoms with Gasteiger partial charge in [0.05, 0.1) is 12.0 Å². The van der Waals surface area contributed by atoms with Crippen LogP contribution in [0.1, 0.15) is 17.9 Å². The molecular weight excluding hydrogens is 362 g/mol. The van der Waals surface area contributed by atoms with Crippen molar-refractivity contribution in [1.29, 1.82) is 0 Å². The van der Waals surface area contributed by atoms with E-state index in [9.17, 15) is 4.79 Å². The van der Waals surface area contributed by atoms with Gasteiger partial charge in [-0.15, -0.1) is 17.9 Å². The predicted molar refractivity (Wildman–Crippen MR) is 105 cm³/mol. The smallest absolute Gasteiger partial charge is 0.227 e. The van der Waals surface area contributed by atoms with Gasteiger partial charge in [-0.05, 0) is 29.1 Å². The van der Waals surface area contributed by atoms with Crippen molar-refractivity contribution < 1.29 is 14.1 Å². The first kappa shape index (κ1) is 18.8. The van der Waals surface area contributed by atoms with Crippen LogP contribution < -0.4 is 4.74 Å². The van der Waals surface area contributed by atoms with Gasteiger partial charge in [-0.2, -0.15) is 4.98 Å². The number of hydrogen-bond acceptors (Lipinski definition) is 6. The van der Waals surface area contributed by atoms with Crippen LogP contribution in [-0.2, 0) is 17.8 Å². The van der Waals surface area contributed by atoms with Crippen LogP contribution in [0.5, 0.6) is 5.75 Å². The third-order valence-electron chi connectivity index (χ3n) is 4.00. The monoisotopic (exact) mass is 383 g/mol. The molecule has 3 rings (SSSR count). The van der Waals surface area contributed by atoms with E-state index in [1.807, 2.05) is 41.8 Å². The summed E-state index contributed by atoms with van der Waals surface area (Å²) >= 11 is 1.55. The van der Waals surface area contributed by atoms with E-state index in [0.29, 0.717) is 37.6 Å². The van der Waals surface area contributed by atoms with E-state index in [0.717, 1.165) is 16.2 Å². The van der Waals surface area contributed by atoms with Crippen molar-refractivity contribution in [2.45, 2.75) is 19.4 Å². The first-order chi connectivity index (χ1) is 13.2. The van der Waals surface area contributed by atoms with E-state index in [-0.39, 0.29) is 5.91 Å². The highest BCUT2D eigenvalue weighted by atomic mass is 32.1. The van der Waals surface area contributed by atoms with Crippen LogP contribution >= 0.6 is 11.3 Å². The van der Waals surface area contributed by atoms with Crippen LogP contribution in [0.4, 0.5) is 0 Å². The molecule has 6 nitrogen and oxygen atoms in total. The van der Waals surface area contributed by atoms with Crippen molar-refractivity contribution >= 4 is 17.2 Å². The summed E-state index contributed by atoms with van der Waals surface area (Å²) in [6.07, 6.45) is 2.44. The van der Waals surface area contributed by atoms with E-state index in [2.05, 4.69) is 16.7 Å². The van der Waals surface area contributed by atoms with Gasteiger partial charge in [-0.25, -0.2) is 0 Å². The van der Waals surface area contributed by atoms with E-state index < -0.39 is 0 Å². The van der Waals surface area contributed by atoms with Gasteiger partial charge in [0.1, 0.15) is 5.75 Å². The number of aryl methyl sites for hydroxylation is 1. The zero-order chi connectivity index (χ0) is 19.1. The molecule has 1 aromatic carbocycles. The lowest BCUT2D eigenvalue weighted by molar-refractivity contribution is -0.131. The second-order valence-electron chi connectivity index (χ2n) is 5.90. The van der Waals surface area contributed by atoms with Crippen LogP contribution in [0.3, 0.4) is 0 Å². The van der Waals surface area contributed by atoms with Crippen LogP contribution in [-0.4, -0.2) is 34.6 Å². The maximum atomic E-state index is 12.6. The molecule has 27 heavy (non-hydrogen) atoms. The molecule has 0 spiro atoms. The van der Waals surface area contributed by atoms with Gasteiger partial charge < -0.3 is 14.2 Å². The lowest BCUT2D eigenvalue weighted by atomic mass is 10.2. The first-order valence-electron chi connectivity index (χ1n) is 8.57. The summed E-state index contributed by atoms with van der Waals surface area (Å²) in [6, 6.07) is 11.5. The van der Waals surface area contributed by atoms with E-state index in [4.69, 9.17) is 9.26 Å². The third-order valence-corrected chi connectivity index (χ3v) is 4.86. The quantitative estimate of drug-likeness (QED) is 0.523. The Kier molecular flexibility index (Phi) is 6.38. The molecule has 0 aliphatic rings. The number of amides is 1. The highest BCUT2D eigenvalue weighted by molar-refractivity contribution is 7.13. The Morgan fingerprint density at radius 2 is 2.15 bits per heavy atom. The molecule has 140 valence electrons. The van der Waals surface area contributed by atoms with Crippen LogP contribution in [0.25, 0.3) is 10.7 Å². The second kappa shape index (κ2) is 9.14. The molecule has 2 aromatic heterocycles. The van der Waals surface area contributed by atoms with Gasteiger partial charge in [0, 0.05) is 25.9 Å². The molecule has 0 atom stereocenters. The summed E-state index contributed by atoms with van der Waals surface area (Å²) in [4.78, 5) is 19.7. The summed E-state index contributed by atoms with van der Waals surface area (Å²) in [5.41, 5.74) is 1.03. The van der Waals surface area contributed by atoms with Gasteiger partial charge >= 0.3 is 0 Å². The van der Waals surface area contributed by atoms with Gasteiger partial charge in [0.2, 0.25) is 17.6 Å². The van der Waals surface area contributed by atoms with Crippen LogP contribution in [0, 0.1) is 0 Å². The number of hydrogen-bond donors (Lipinski definition) is 0. The van der Waals surface area contributed by atoms with Crippen molar-refractivity contribution in [3.63, 3.8) is 0 Å². The SMILES string of the molecule is C=CCN(Cc1ccc(OC)cc1)C(=O)CCc1nc(-c2cccs2)no1. The summed E-state index contributed by atoms with van der Waals surface area (Å²) in [5, 5.41) is 5.93. The molecule has 0 saturated carbocycles. The number of carbonyl (C=O) groups is 1. The van der Waals surface area contributed by atoms with E-state index >= 15 is 0 Å². The first-order valence-corrected chi connectivity index (χ1v) is 9.45. The summed E-state index contributed by atoms with van der Waals surface area (Å²) in [7, 11) is 1.63. The average Bonchev–Trinajstić information content (AvgIpc) is 3.38. The van der Waals surface area contributed by atoms with Crippen molar-refractivity contribution in [2.75, 3.05) is 13.7 Å². The molecular formula is C20H21N3O3S. The van der Waals surface area contributed by atoms with E-state index in [1.165, 1.54) is 0 Å². The Bertz CT molecular complexity index is 872. The molecule has 7 heteroatoms.